The van der Waals surface area contributed by atoms with E-state index in [-0.39, 0.29) is 46.8 Å². The van der Waals surface area contributed by atoms with Gasteiger partial charge in [0.25, 0.3) is 0 Å². The molecule has 0 radical (unpaired) electrons. The van der Waals surface area contributed by atoms with Crippen LogP contribution in [0.15, 0.2) is 95.4 Å². The lowest BCUT2D eigenvalue weighted by Gasteiger charge is -2.60. The molecule has 1 spiro atoms. The number of rotatable bonds is 14. The minimum absolute atomic E-state index is 0.0589. The number of hydrogen-bond acceptors (Lipinski definition) is 12. The van der Waals surface area contributed by atoms with Crippen LogP contribution in [0.3, 0.4) is 0 Å². The second-order valence-electron chi connectivity index (χ2n) is 27.3. The Morgan fingerprint density at radius 2 is 1.48 bits per heavy atom. The molecule has 2 saturated heterocycles. The topological polar surface area (TPSA) is 107 Å². The van der Waals surface area contributed by atoms with Crippen molar-refractivity contribution in [1.82, 2.24) is 51.5 Å². The first-order chi connectivity index (χ1) is 42.6. The van der Waals surface area contributed by atoms with Gasteiger partial charge in [-0.05, 0) is 165 Å². The SMILES string of the molecule is CCO[C@@H]1CNCC2(CCC2)NC(C)[C@H]([C@@H](C)CC)N2C(C)[C@@H](C)C2CNC(C)[C@H](CC(C)C)NC[C@H]([C@@H](C)CC)NC(C)[C@H](C)N2CCCC2=CN(CC)C(Cc2ccc(C(F)(F)F)cc2)=CN(C)C=CNC(CCc2ccc(C(F)(F)F)c(Cl)c2)=CC=N1. The Morgan fingerprint density at radius 3 is 2.09 bits per heavy atom. The largest absolute Gasteiger partial charge is 0.417 e. The van der Waals surface area contributed by atoms with Gasteiger partial charge in [-0.2, -0.15) is 26.3 Å². The van der Waals surface area contributed by atoms with Crippen LogP contribution in [-0.2, 0) is 29.9 Å². The molecule has 6 N–H and O–H groups in total. The molecule has 0 amide bonds. The number of aryl methyl sites for hydroxylation is 1. The average Bonchev–Trinajstić information content (AvgIpc) is 0.848. The summed E-state index contributed by atoms with van der Waals surface area (Å²) >= 11 is 6.19. The summed E-state index contributed by atoms with van der Waals surface area (Å²) in [6.45, 7) is 37.5. The summed E-state index contributed by atoms with van der Waals surface area (Å²) in [6.07, 6.45) is 11.6. The highest BCUT2D eigenvalue weighted by molar-refractivity contribution is 6.31. The first-order valence-electron chi connectivity index (χ1n) is 34.1. The average molecular weight is 1290 g/mol. The number of nitrogens with zero attached hydrogens (tertiary/aromatic N) is 5. The lowest BCUT2D eigenvalue weighted by molar-refractivity contribution is -0.138. The van der Waals surface area contributed by atoms with Gasteiger partial charge < -0.3 is 51.3 Å². The highest BCUT2D eigenvalue weighted by Crippen LogP contribution is 2.41. The number of alkyl halides is 6. The zero-order valence-electron chi connectivity index (χ0n) is 57.1. The van der Waals surface area contributed by atoms with Crippen LogP contribution in [0.25, 0.3) is 0 Å². The van der Waals surface area contributed by atoms with Crippen molar-refractivity contribution < 1.29 is 31.1 Å². The number of benzene rings is 2. The summed E-state index contributed by atoms with van der Waals surface area (Å²) in [5.41, 5.74) is 2.60. The first-order valence-corrected chi connectivity index (χ1v) is 34.4. The van der Waals surface area contributed by atoms with Crippen LogP contribution in [0.4, 0.5) is 26.3 Å². The van der Waals surface area contributed by atoms with Crippen molar-refractivity contribution in [3.05, 3.63) is 118 Å². The van der Waals surface area contributed by atoms with E-state index in [1.54, 1.807) is 24.5 Å². The fraction of sp³-hybridized carbons (Fsp3) is 0.704. The summed E-state index contributed by atoms with van der Waals surface area (Å²) in [7, 11) is 1.91. The van der Waals surface area contributed by atoms with E-state index in [0.717, 1.165) is 106 Å². The van der Waals surface area contributed by atoms with Crippen molar-refractivity contribution in [2.75, 3.05) is 52.9 Å². The van der Waals surface area contributed by atoms with E-state index in [0.29, 0.717) is 86.3 Å². The lowest BCUT2D eigenvalue weighted by atomic mass is 9.73. The molecule has 12 nitrogen and oxygen atoms in total. The summed E-state index contributed by atoms with van der Waals surface area (Å²) in [5.74, 6) is 1.99. The Kier molecular flexibility index (Phi) is 29.0. The van der Waals surface area contributed by atoms with E-state index in [9.17, 15) is 26.3 Å². The van der Waals surface area contributed by atoms with Crippen LogP contribution >= 0.6 is 11.6 Å². The smallest absolute Gasteiger partial charge is 0.369 e. The van der Waals surface area contributed by atoms with Gasteiger partial charge >= 0.3 is 12.4 Å². The molecule has 1 saturated carbocycles. The van der Waals surface area contributed by atoms with E-state index in [1.165, 1.54) is 24.3 Å². The van der Waals surface area contributed by atoms with E-state index in [1.807, 2.05) is 37.3 Å². The van der Waals surface area contributed by atoms with Crippen molar-refractivity contribution in [3.8, 4) is 0 Å². The van der Waals surface area contributed by atoms with E-state index in [4.69, 9.17) is 21.3 Å². The van der Waals surface area contributed by atoms with Crippen molar-refractivity contribution in [2.24, 2.45) is 28.7 Å². The third-order valence-corrected chi connectivity index (χ3v) is 20.6. The van der Waals surface area contributed by atoms with Gasteiger partial charge in [0.1, 0.15) is 0 Å². The predicted molar refractivity (Wildman–Crippen MR) is 360 cm³/mol. The van der Waals surface area contributed by atoms with Crippen LogP contribution in [0.1, 0.15) is 177 Å². The second-order valence-corrected chi connectivity index (χ2v) is 27.7. The molecule has 0 aromatic heterocycles. The zero-order valence-corrected chi connectivity index (χ0v) is 57.9. The highest BCUT2D eigenvalue weighted by Gasteiger charge is 2.50. The maximum Gasteiger partial charge on any atom is 0.417 e. The highest BCUT2D eigenvalue weighted by atomic mass is 35.5. The number of fused-ring (bicyclic) bond motifs is 2. The Balaban J connectivity index is 1.37. The van der Waals surface area contributed by atoms with Crippen molar-refractivity contribution >= 4 is 17.8 Å². The minimum atomic E-state index is -4.57. The molecule has 90 heavy (non-hydrogen) atoms. The normalized spacial score (nSPS) is 28.8. The molecule has 13 atom stereocenters. The van der Waals surface area contributed by atoms with Gasteiger partial charge in [0, 0.05) is 167 Å². The van der Waals surface area contributed by atoms with Gasteiger partial charge in [0.05, 0.1) is 16.1 Å². The van der Waals surface area contributed by atoms with Gasteiger partial charge in [-0.3, -0.25) is 9.89 Å². The molecule has 4 aliphatic rings. The van der Waals surface area contributed by atoms with Gasteiger partial charge in [-0.25, -0.2) is 0 Å². The number of hydrogen-bond donors (Lipinski definition) is 6. The van der Waals surface area contributed by atoms with Gasteiger partial charge in [-0.15, -0.1) is 0 Å². The monoisotopic (exact) mass is 1290 g/mol. The maximum absolute atomic E-state index is 13.8. The summed E-state index contributed by atoms with van der Waals surface area (Å²) in [6, 6.07) is 11.8. The summed E-state index contributed by atoms with van der Waals surface area (Å²) in [5, 5.41) is 23.5. The van der Waals surface area contributed by atoms with Gasteiger partial charge in [0.2, 0.25) is 0 Å². The molecule has 3 fully saturated rings. The van der Waals surface area contributed by atoms with Crippen LogP contribution < -0.4 is 31.9 Å². The van der Waals surface area contributed by atoms with Crippen molar-refractivity contribution in [1.29, 1.82) is 0 Å². The molecule has 5 unspecified atom stereocenters. The number of likely N-dealkylation sites (N-methyl/N-ethyl adjacent to an activating group) is 1. The first kappa shape index (κ1) is 74.9. The molecular weight excluding hydrogens is 1170 g/mol. The standard InChI is InChI=1S/C71H114ClF6N11O/c1-16-48(7)65-41-83-64(38-47(5)6)52(11)82-42-66-50(9)54(13)89(66)68(49(8)17-2)53(12)85-69(32-21-33-69)46-79-43-67(90-19-4)81-34-31-59(29-25-57-26-30-62(63(72)40-57)71(76,77)78)80-35-37-86(15)44-61(39-56-23-27-58(28-24-56)70(73,74)75)87(18-3)45-60-22-20-36-88(60)55(14)51(10)84-65/h23-24,26-28,30-31,34-35,37,40,44-45,47-55,64-68,79-80,82-85H,16-22,25,29,32-33,36,38-39,41-43,46H2,1-15H3/t48-,49-,50+,51?,52?,53?,54?,55-,64-,65+,66?,67+,68-/m0/s1. The number of allylic oxidation sites excluding steroid dienone is 4. The Labute approximate surface area is 543 Å². The van der Waals surface area contributed by atoms with E-state index < -0.39 is 29.7 Å². The third kappa shape index (κ3) is 21.2. The van der Waals surface area contributed by atoms with Crippen LogP contribution in [0.2, 0.25) is 5.02 Å². The molecule has 6 rings (SSSR count). The van der Waals surface area contributed by atoms with Crippen LogP contribution in [0, 0.1) is 23.7 Å². The van der Waals surface area contributed by atoms with Gasteiger partial charge in [-0.1, -0.05) is 91.1 Å². The molecular formula is C71H114ClF6N11O. The van der Waals surface area contributed by atoms with Crippen molar-refractivity contribution in [2.45, 2.75) is 246 Å². The van der Waals surface area contributed by atoms with Crippen LogP contribution in [-0.4, -0.2) is 145 Å². The molecule has 3 aliphatic heterocycles. The van der Waals surface area contributed by atoms with E-state index in [2.05, 4.69) is 143 Å². The van der Waals surface area contributed by atoms with Gasteiger partial charge in [0.15, 0.2) is 6.23 Å². The number of aliphatic imine (C=N–C) groups is 1. The molecule has 2 aromatic rings. The molecule has 19 heteroatoms. The third-order valence-electron chi connectivity index (χ3n) is 20.3. The molecule has 0 bridgehead atoms. The summed E-state index contributed by atoms with van der Waals surface area (Å²) < 4.78 is 88.8. The van der Waals surface area contributed by atoms with E-state index >= 15 is 0 Å². The second kappa shape index (κ2) is 34.8. The minimum Gasteiger partial charge on any atom is -0.369 e. The molecule has 508 valence electrons. The maximum atomic E-state index is 13.8. The number of halogens is 7. The quantitative estimate of drug-likeness (QED) is 0.102. The summed E-state index contributed by atoms with van der Waals surface area (Å²) in [4.78, 5) is 14.4. The fourth-order valence-corrected chi connectivity index (χ4v) is 14.2. The molecule has 2 aromatic carbocycles. The number of ether oxygens (including phenoxy) is 1. The number of nitrogens with one attached hydrogen (secondary N) is 6. The Morgan fingerprint density at radius 1 is 0.778 bits per heavy atom. The molecule has 1 aliphatic carbocycles. The lowest BCUT2D eigenvalue weighted by Crippen LogP contribution is -2.74. The fourth-order valence-electron chi connectivity index (χ4n) is 13.9. The predicted octanol–water partition coefficient (Wildman–Crippen LogP) is 14.4. The Hall–Kier alpha value is -4.14. The van der Waals surface area contributed by atoms with Crippen molar-refractivity contribution in [3.63, 3.8) is 0 Å². The Bertz CT molecular complexity index is 2640. The zero-order chi connectivity index (χ0) is 66.1. The van der Waals surface area contributed by atoms with Crippen LogP contribution in [0.5, 0.6) is 0 Å². The molecule has 3 heterocycles.